The van der Waals surface area contributed by atoms with Crippen LogP contribution in [0.1, 0.15) is 37.4 Å². The van der Waals surface area contributed by atoms with Crippen molar-refractivity contribution >= 4 is 11.7 Å². The van der Waals surface area contributed by atoms with E-state index in [0.717, 1.165) is 29.5 Å². The minimum atomic E-state index is -0.0804. The van der Waals surface area contributed by atoms with Gasteiger partial charge >= 0.3 is 0 Å². The Morgan fingerprint density at radius 2 is 1.62 bits per heavy atom. The molecule has 0 heterocycles. The fourth-order valence-electron chi connectivity index (χ4n) is 2.77. The molecule has 2 aromatic carbocycles. The molecule has 1 aliphatic rings. The smallest absolute Gasteiger partial charge is 0.253 e. The minimum absolute atomic E-state index is 0.0199. The van der Waals surface area contributed by atoms with Crippen LogP contribution in [-0.4, -0.2) is 30.7 Å². The van der Waals surface area contributed by atoms with Crippen molar-refractivity contribution in [3.63, 3.8) is 0 Å². The van der Waals surface area contributed by atoms with Gasteiger partial charge in [0.15, 0.2) is 5.78 Å². The average Bonchev–Trinajstić information content (AvgIpc) is 2.64. The van der Waals surface area contributed by atoms with Crippen molar-refractivity contribution in [2.24, 2.45) is 0 Å². The monoisotopic (exact) mass is 279 g/mol. The first kappa shape index (κ1) is 13.6. The second-order valence-electron chi connectivity index (χ2n) is 5.56. The first-order valence-corrected chi connectivity index (χ1v) is 7.05. The Hall–Kier alpha value is -2.42. The average molecular weight is 279 g/mol. The second kappa shape index (κ2) is 5.17. The van der Waals surface area contributed by atoms with Gasteiger partial charge in [0, 0.05) is 30.8 Å². The van der Waals surface area contributed by atoms with Crippen LogP contribution in [0.4, 0.5) is 0 Å². The zero-order valence-electron chi connectivity index (χ0n) is 12.2. The number of amides is 1. The summed E-state index contributed by atoms with van der Waals surface area (Å²) in [6.45, 7) is 0. The van der Waals surface area contributed by atoms with Crippen molar-refractivity contribution in [3.8, 4) is 0 Å². The third-order valence-corrected chi connectivity index (χ3v) is 3.93. The topological polar surface area (TPSA) is 37.4 Å². The Morgan fingerprint density at radius 1 is 0.952 bits per heavy atom. The highest BCUT2D eigenvalue weighted by Gasteiger charge is 2.22. The lowest BCUT2D eigenvalue weighted by Gasteiger charge is -2.12. The van der Waals surface area contributed by atoms with Gasteiger partial charge in [-0.3, -0.25) is 9.59 Å². The van der Waals surface area contributed by atoms with Gasteiger partial charge in [-0.2, -0.15) is 0 Å². The van der Waals surface area contributed by atoms with Gasteiger partial charge in [0.1, 0.15) is 0 Å². The molecule has 0 fully saturated rings. The highest BCUT2D eigenvalue weighted by molar-refractivity contribution is 6.12. The number of rotatable bonds is 1. The van der Waals surface area contributed by atoms with Crippen LogP contribution < -0.4 is 0 Å². The van der Waals surface area contributed by atoms with Crippen molar-refractivity contribution in [3.05, 3.63) is 70.3 Å². The summed E-state index contributed by atoms with van der Waals surface area (Å²) in [6, 6.07) is 13.2. The van der Waals surface area contributed by atoms with Crippen LogP contribution in [0.2, 0.25) is 0 Å². The molecule has 3 rings (SSSR count). The lowest BCUT2D eigenvalue weighted by atomic mass is 9.97. The number of benzene rings is 2. The van der Waals surface area contributed by atoms with Gasteiger partial charge in [-0.1, -0.05) is 30.3 Å². The first-order chi connectivity index (χ1) is 10.1. The van der Waals surface area contributed by atoms with Crippen molar-refractivity contribution in [2.45, 2.75) is 12.8 Å². The van der Waals surface area contributed by atoms with Gasteiger partial charge in [-0.05, 0) is 36.1 Å². The highest BCUT2D eigenvalue weighted by atomic mass is 16.2. The lowest BCUT2D eigenvalue weighted by Crippen LogP contribution is -2.22. The summed E-state index contributed by atoms with van der Waals surface area (Å²) in [7, 11) is 3.43. The standard InChI is InChI=1S/C18H17NO2/c1-19(2)18(21)14-10-9-13-8-7-12-5-3-4-6-15(12)17(20)16(13)11-14/h3-6,9-11H,7-8H2,1-2H3. The molecule has 0 bridgehead atoms. The number of hydrogen-bond donors (Lipinski definition) is 0. The summed E-state index contributed by atoms with van der Waals surface area (Å²) in [5.41, 5.74) is 4.08. The predicted octanol–water partition coefficient (Wildman–Crippen LogP) is 2.72. The molecule has 0 saturated carbocycles. The molecule has 1 aliphatic carbocycles. The van der Waals surface area contributed by atoms with E-state index in [9.17, 15) is 9.59 Å². The molecule has 3 heteroatoms. The number of carbonyl (C=O) groups excluding carboxylic acids is 2. The van der Waals surface area contributed by atoms with Crippen molar-refractivity contribution < 1.29 is 9.59 Å². The molecule has 0 aliphatic heterocycles. The Bertz CT molecular complexity index is 732. The Kier molecular flexibility index (Phi) is 3.34. The molecule has 106 valence electrons. The summed E-state index contributed by atoms with van der Waals surface area (Å²) in [4.78, 5) is 26.4. The van der Waals surface area contributed by atoms with E-state index in [2.05, 4.69) is 0 Å². The third kappa shape index (κ3) is 2.35. The largest absolute Gasteiger partial charge is 0.345 e. The predicted molar refractivity (Wildman–Crippen MR) is 81.7 cm³/mol. The Labute approximate surface area is 124 Å². The summed E-state index contributed by atoms with van der Waals surface area (Å²) >= 11 is 0. The van der Waals surface area contributed by atoms with E-state index in [-0.39, 0.29) is 11.7 Å². The molecule has 0 unspecified atom stereocenters. The fourth-order valence-corrected chi connectivity index (χ4v) is 2.77. The molecular weight excluding hydrogens is 262 g/mol. The molecule has 0 saturated heterocycles. The van der Waals surface area contributed by atoms with Gasteiger partial charge < -0.3 is 4.90 Å². The zero-order chi connectivity index (χ0) is 15.0. The van der Waals surface area contributed by atoms with Crippen LogP contribution >= 0.6 is 0 Å². The lowest BCUT2D eigenvalue weighted by molar-refractivity contribution is 0.0827. The van der Waals surface area contributed by atoms with Gasteiger partial charge in [-0.15, -0.1) is 0 Å². The van der Waals surface area contributed by atoms with Crippen LogP contribution in [0, 0.1) is 0 Å². The number of aryl methyl sites for hydroxylation is 2. The molecule has 0 N–H and O–H groups in total. The van der Waals surface area contributed by atoms with Crippen LogP contribution in [0.15, 0.2) is 42.5 Å². The Balaban J connectivity index is 2.11. The fraction of sp³-hybridized carbons (Fsp3) is 0.222. The maximum absolute atomic E-state index is 12.7. The number of fused-ring (bicyclic) bond motifs is 2. The van der Waals surface area contributed by atoms with E-state index in [1.54, 1.807) is 20.2 Å². The molecule has 0 atom stereocenters. The van der Waals surface area contributed by atoms with Crippen molar-refractivity contribution in [2.75, 3.05) is 14.1 Å². The first-order valence-electron chi connectivity index (χ1n) is 7.05. The van der Waals surface area contributed by atoms with Crippen LogP contribution in [0.3, 0.4) is 0 Å². The number of hydrogen-bond acceptors (Lipinski definition) is 2. The van der Waals surface area contributed by atoms with E-state index >= 15 is 0 Å². The molecule has 3 nitrogen and oxygen atoms in total. The van der Waals surface area contributed by atoms with E-state index in [1.807, 2.05) is 36.4 Å². The zero-order valence-corrected chi connectivity index (χ0v) is 12.2. The quantitative estimate of drug-likeness (QED) is 0.805. The van der Waals surface area contributed by atoms with E-state index in [1.165, 1.54) is 4.90 Å². The number of nitrogens with zero attached hydrogens (tertiary/aromatic N) is 1. The normalized spacial score (nSPS) is 13.1. The summed E-state index contributed by atoms with van der Waals surface area (Å²) < 4.78 is 0. The maximum atomic E-state index is 12.7. The molecular formula is C18H17NO2. The van der Waals surface area contributed by atoms with E-state index in [4.69, 9.17) is 0 Å². The van der Waals surface area contributed by atoms with Gasteiger partial charge in [0.2, 0.25) is 0 Å². The molecule has 2 aromatic rings. The van der Waals surface area contributed by atoms with Gasteiger partial charge in [-0.25, -0.2) is 0 Å². The van der Waals surface area contributed by atoms with Crippen LogP contribution in [0.5, 0.6) is 0 Å². The van der Waals surface area contributed by atoms with Crippen LogP contribution in [-0.2, 0) is 12.8 Å². The molecule has 0 aromatic heterocycles. The van der Waals surface area contributed by atoms with Crippen molar-refractivity contribution in [1.82, 2.24) is 4.90 Å². The summed E-state index contributed by atoms with van der Waals surface area (Å²) in [5.74, 6) is -0.0605. The maximum Gasteiger partial charge on any atom is 0.253 e. The molecule has 0 radical (unpaired) electrons. The summed E-state index contributed by atoms with van der Waals surface area (Å²) in [6.07, 6.45) is 1.68. The SMILES string of the molecule is CN(C)C(=O)c1ccc2c(c1)C(=O)c1ccccc1CC2. The van der Waals surface area contributed by atoms with Crippen LogP contribution in [0.25, 0.3) is 0 Å². The third-order valence-electron chi connectivity index (χ3n) is 3.93. The second-order valence-corrected chi connectivity index (χ2v) is 5.56. The molecule has 0 spiro atoms. The highest BCUT2D eigenvalue weighted by Crippen LogP contribution is 2.25. The van der Waals surface area contributed by atoms with E-state index < -0.39 is 0 Å². The summed E-state index contributed by atoms with van der Waals surface area (Å²) in [5, 5.41) is 0. The van der Waals surface area contributed by atoms with Gasteiger partial charge in [0.25, 0.3) is 5.91 Å². The van der Waals surface area contributed by atoms with Crippen molar-refractivity contribution in [1.29, 1.82) is 0 Å². The van der Waals surface area contributed by atoms with E-state index in [0.29, 0.717) is 11.1 Å². The number of ketones is 1. The van der Waals surface area contributed by atoms with Gasteiger partial charge in [0.05, 0.1) is 0 Å². The molecule has 1 amide bonds. The Morgan fingerprint density at radius 3 is 2.33 bits per heavy atom. The molecule has 21 heavy (non-hydrogen) atoms. The minimum Gasteiger partial charge on any atom is -0.345 e. The number of carbonyl (C=O) groups is 2.